The fourth-order valence-electron chi connectivity index (χ4n) is 2.24. The van der Waals surface area contributed by atoms with E-state index < -0.39 is 0 Å². The SMILES string of the molecule is Cc1cc(C(=O)NCCCN(C)C)nc(NCc2ccc(Cl)cc2)n1. The highest BCUT2D eigenvalue weighted by molar-refractivity contribution is 6.30. The molecule has 0 saturated carbocycles. The van der Waals surface area contributed by atoms with Crippen molar-refractivity contribution in [1.82, 2.24) is 20.2 Å². The van der Waals surface area contributed by atoms with Gasteiger partial charge in [-0.25, -0.2) is 9.97 Å². The molecule has 0 spiro atoms. The molecule has 0 aliphatic heterocycles. The van der Waals surface area contributed by atoms with Crippen molar-refractivity contribution in [3.63, 3.8) is 0 Å². The predicted molar refractivity (Wildman–Crippen MR) is 101 cm³/mol. The summed E-state index contributed by atoms with van der Waals surface area (Å²) in [5.41, 5.74) is 2.17. The van der Waals surface area contributed by atoms with Crippen molar-refractivity contribution in [2.45, 2.75) is 19.9 Å². The Morgan fingerprint density at radius 1 is 1.20 bits per heavy atom. The molecule has 1 heterocycles. The Morgan fingerprint density at radius 3 is 2.60 bits per heavy atom. The molecule has 7 heteroatoms. The number of hydrogen-bond acceptors (Lipinski definition) is 5. The molecular formula is C18H24ClN5O. The highest BCUT2D eigenvalue weighted by atomic mass is 35.5. The van der Waals surface area contributed by atoms with Gasteiger partial charge in [-0.3, -0.25) is 4.79 Å². The van der Waals surface area contributed by atoms with Gasteiger partial charge in [-0.1, -0.05) is 23.7 Å². The maximum absolute atomic E-state index is 12.2. The number of nitrogens with one attached hydrogen (secondary N) is 2. The molecule has 6 nitrogen and oxygen atoms in total. The zero-order chi connectivity index (χ0) is 18.2. The average Bonchev–Trinajstić information content (AvgIpc) is 2.57. The number of carbonyl (C=O) groups excluding carboxylic acids is 1. The van der Waals surface area contributed by atoms with Crippen LogP contribution in [0.2, 0.25) is 5.02 Å². The van der Waals surface area contributed by atoms with E-state index in [4.69, 9.17) is 11.6 Å². The zero-order valence-corrected chi connectivity index (χ0v) is 15.6. The van der Waals surface area contributed by atoms with Crippen LogP contribution in [0.1, 0.15) is 28.2 Å². The van der Waals surface area contributed by atoms with Gasteiger partial charge < -0.3 is 15.5 Å². The Labute approximate surface area is 153 Å². The average molecular weight is 362 g/mol. The smallest absolute Gasteiger partial charge is 0.270 e. The largest absolute Gasteiger partial charge is 0.351 e. The van der Waals surface area contributed by atoms with Crippen molar-refractivity contribution in [2.24, 2.45) is 0 Å². The van der Waals surface area contributed by atoms with E-state index in [0.717, 1.165) is 24.2 Å². The number of hydrogen-bond donors (Lipinski definition) is 2. The van der Waals surface area contributed by atoms with Crippen LogP contribution in [0, 0.1) is 6.92 Å². The van der Waals surface area contributed by atoms with Crippen molar-refractivity contribution in [1.29, 1.82) is 0 Å². The van der Waals surface area contributed by atoms with Gasteiger partial charge in [-0.05, 0) is 57.7 Å². The van der Waals surface area contributed by atoms with Gasteiger partial charge in [0.2, 0.25) is 5.95 Å². The molecule has 0 radical (unpaired) electrons. The van der Waals surface area contributed by atoms with Gasteiger partial charge in [0.05, 0.1) is 0 Å². The van der Waals surface area contributed by atoms with E-state index in [1.54, 1.807) is 6.07 Å². The van der Waals surface area contributed by atoms with Crippen molar-refractivity contribution in [3.05, 3.63) is 52.3 Å². The summed E-state index contributed by atoms with van der Waals surface area (Å²) in [6.45, 7) is 3.95. The minimum atomic E-state index is -0.182. The third-order valence-electron chi connectivity index (χ3n) is 3.52. The number of aromatic nitrogens is 2. The van der Waals surface area contributed by atoms with Crippen LogP contribution in [0.25, 0.3) is 0 Å². The number of amides is 1. The van der Waals surface area contributed by atoms with Crippen molar-refractivity contribution >= 4 is 23.5 Å². The molecule has 0 aliphatic rings. The number of benzene rings is 1. The zero-order valence-electron chi connectivity index (χ0n) is 14.8. The van der Waals surface area contributed by atoms with Crippen LogP contribution in [0.15, 0.2) is 30.3 Å². The molecule has 0 atom stereocenters. The van der Waals surface area contributed by atoms with Crippen LogP contribution in [0.4, 0.5) is 5.95 Å². The van der Waals surface area contributed by atoms with Gasteiger partial charge in [0.15, 0.2) is 0 Å². The van der Waals surface area contributed by atoms with Gasteiger partial charge in [-0.2, -0.15) is 0 Å². The van der Waals surface area contributed by atoms with Crippen LogP contribution in [-0.4, -0.2) is 48.0 Å². The summed E-state index contributed by atoms with van der Waals surface area (Å²) in [4.78, 5) is 23.0. The summed E-state index contributed by atoms with van der Waals surface area (Å²) >= 11 is 5.88. The van der Waals surface area contributed by atoms with Gasteiger partial charge >= 0.3 is 0 Å². The normalized spacial score (nSPS) is 10.8. The van der Waals surface area contributed by atoms with Crippen molar-refractivity contribution in [2.75, 3.05) is 32.5 Å². The number of rotatable bonds is 8. The van der Waals surface area contributed by atoms with Crippen LogP contribution in [-0.2, 0) is 6.54 Å². The van der Waals surface area contributed by atoms with Crippen molar-refractivity contribution < 1.29 is 4.79 Å². The monoisotopic (exact) mass is 361 g/mol. The summed E-state index contributed by atoms with van der Waals surface area (Å²) in [6, 6.07) is 9.23. The van der Waals surface area contributed by atoms with Crippen LogP contribution < -0.4 is 10.6 Å². The lowest BCUT2D eigenvalue weighted by molar-refractivity contribution is 0.0947. The molecule has 0 bridgehead atoms. The van der Waals surface area contributed by atoms with E-state index in [1.807, 2.05) is 45.3 Å². The Kier molecular flexibility index (Phi) is 7.16. The first-order chi connectivity index (χ1) is 11.9. The lowest BCUT2D eigenvalue weighted by atomic mass is 10.2. The van der Waals surface area contributed by atoms with Gasteiger partial charge in [0.25, 0.3) is 5.91 Å². The lowest BCUT2D eigenvalue weighted by Gasteiger charge is -2.11. The molecule has 2 N–H and O–H groups in total. The molecule has 1 amide bonds. The number of carbonyl (C=O) groups is 1. The van der Waals surface area contributed by atoms with E-state index in [0.29, 0.717) is 29.8 Å². The number of nitrogens with zero attached hydrogens (tertiary/aromatic N) is 3. The number of halogens is 1. The molecule has 1 aromatic heterocycles. The minimum absolute atomic E-state index is 0.182. The standard InChI is InChI=1S/C18H24ClN5O/c1-13-11-16(17(25)20-9-4-10-24(2)3)23-18(22-13)21-12-14-5-7-15(19)8-6-14/h5-8,11H,4,9-10,12H2,1-3H3,(H,20,25)(H,21,22,23). The third-order valence-corrected chi connectivity index (χ3v) is 3.77. The molecular weight excluding hydrogens is 338 g/mol. The van der Waals surface area contributed by atoms with E-state index in [1.165, 1.54) is 0 Å². The van der Waals surface area contributed by atoms with E-state index in [-0.39, 0.29) is 5.91 Å². The molecule has 0 aliphatic carbocycles. The Balaban J connectivity index is 1.94. The molecule has 1 aromatic carbocycles. The molecule has 0 fully saturated rings. The second-order valence-corrected chi connectivity index (χ2v) is 6.55. The molecule has 2 rings (SSSR count). The lowest BCUT2D eigenvalue weighted by Crippen LogP contribution is -2.28. The van der Waals surface area contributed by atoms with E-state index in [9.17, 15) is 4.79 Å². The Hall–Kier alpha value is -2.18. The Morgan fingerprint density at radius 2 is 1.92 bits per heavy atom. The number of anilines is 1. The van der Waals surface area contributed by atoms with Gasteiger partial charge in [0, 0.05) is 23.8 Å². The summed E-state index contributed by atoms with van der Waals surface area (Å²) in [5, 5.41) is 6.74. The highest BCUT2D eigenvalue weighted by Crippen LogP contribution is 2.11. The maximum Gasteiger partial charge on any atom is 0.270 e. The highest BCUT2D eigenvalue weighted by Gasteiger charge is 2.10. The fourth-order valence-corrected chi connectivity index (χ4v) is 2.36. The fraction of sp³-hybridized carbons (Fsp3) is 0.389. The summed E-state index contributed by atoms with van der Waals surface area (Å²) in [7, 11) is 4.02. The second-order valence-electron chi connectivity index (χ2n) is 6.11. The van der Waals surface area contributed by atoms with Crippen LogP contribution >= 0.6 is 11.6 Å². The first-order valence-electron chi connectivity index (χ1n) is 8.21. The Bertz CT molecular complexity index is 703. The molecule has 2 aromatic rings. The molecule has 0 unspecified atom stereocenters. The quantitative estimate of drug-likeness (QED) is 0.707. The second kappa shape index (κ2) is 9.34. The maximum atomic E-state index is 12.2. The first-order valence-corrected chi connectivity index (χ1v) is 8.59. The van der Waals surface area contributed by atoms with E-state index >= 15 is 0 Å². The minimum Gasteiger partial charge on any atom is -0.351 e. The third kappa shape index (κ3) is 6.68. The predicted octanol–water partition coefficient (Wildman–Crippen LogP) is 2.73. The summed E-state index contributed by atoms with van der Waals surface area (Å²) in [5.74, 6) is 0.257. The molecule has 25 heavy (non-hydrogen) atoms. The summed E-state index contributed by atoms with van der Waals surface area (Å²) < 4.78 is 0. The van der Waals surface area contributed by atoms with Gasteiger partial charge in [-0.15, -0.1) is 0 Å². The van der Waals surface area contributed by atoms with Crippen LogP contribution in [0.3, 0.4) is 0 Å². The number of aryl methyl sites for hydroxylation is 1. The topological polar surface area (TPSA) is 70.2 Å². The summed E-state index contributed by atoms with van der Waals surface area (Å²) in [6.07, 6.45) is 0.893. The molecule has 0 saturated heterocycles. The first kappa shape index (κ1) is 19.1. The van der Waals surface area contributed by atoms with Gasteiger partial charge in [0.1, 0.15) is 5.69 Å². The molecule has 134 valence electrons. The van der Waals surface area contributed by atoms with E-state index in [2.05, 4.69) is 25.5 Å². The van der Waals surface area contributed by atoms with Crippen molar-refractivity contribution in [3.8, 4) is 0 Å². The van der Waals surface area contributed by atoms with Crippen LogP contribution in [0.5, 0.6) is 0 Å².